The molecule has 1 heterocycles. The molecule has 1 amide bonds. The number of nitrogens with zero attached hydrogens (tertiary/aromatic N) is 2. The highest BCUT2D eigenvalue weighted by Gasteiger charge is 2.24. The van der Waals surface area contributed by atoms with Crippen LogP contribution in [0, 0.1) is 16.0 Å². The third-order valence-electron chi connectivity index (χ3n) is 3.32. The second kappa shape index (κ2) is 5.79. The number of rotatable bonds is 3. The van der Waals surface area contributed by atoms with Crippen LogP contribution in [0.4, 0.5) is 11.4 Å². The van der Waals surface area contributed by atoms with E-state index in [4.69, 9.17) is 0 Å². The van der Waals surface area contributed by atoms with Crippen molar-refractivity contribution in [3.63, 3.8) is 0 Å². The minimum atomic E-state index is -0.468. The summed E-state index contributed by atoms with van der Waals surface area (Å²) in [7, 11) is 1.99. The van der Waals surface area contributed by atoms with Gasteiger partial charge in [0.05, 0.1) is 10.8 Å². The van der Waals surface area contributed by atoms with E-state index in [2.05, 4.69) is 10.2 Å². The Balaban J connectivity index is 2.02. The molecule has 6 heteroatoms. The molecule has 0 bridgehead atoms. The molecule has 1 atom stereocenters. The molecule has 0 saturated carbocycles. The zero-order valence-electron chi connectivity index (χ0n) is 10.8. The lowest BCUT2D eigenvalue weighted by atomic mass is 9.97. The predicted octanol–water partition coefficient (Wildman–Crippen LogP) is 1.88. The summed E-state index contributed by atoms with van der Waals surface area (Å²) in [5.41, 5.74) is 0.464. The lowest BCUT2D eigenvalue weighted by molar-refractivity contribution is -0.384. The maximum Gasteiger partial charge on any atom is 0.271 e. The van der Waals surface area contributed by atoms with Crippen molar-refractivity contribution in [3.05, 3.63) is 34.4 Å². The summed E-state index contributed by atoms with van der Waals surface area (Å²) in [5.74, 6) is -0.106. The maximum atomic E-state index is 12.1. The van der Waals surface area contributed by atoms with Gasteiger partial charge >= 0.3 is 0 Å². The number of nitrogens with one attached hydrogen (secondary N) is 1. The highest BCUT2D eigenvalue weighted by atomic mass is 16.6. The predicted molar refractivity (Wildman–Crippen MR) is 71.9 cm³/mol. The van der Waals surface area contributed by atoms with Crippen LogP contribution in [-0.2, 0) is 4.79 Å². The molecule has 0 radical (unpaired) electrons. The first-order valence-corrected chi connectivity index (χ1v) is 6.30. The van der Waals surface area contributed by atoms with Crippen LogP contribution in [0.15, 0.2) is 24.3 Å². The number of nitro benzene ring substituents is 1. The first kappa shape index (κ1) is 13.5. The first-order valence-electron chi connectivity index (χ1n) is 6.30. The zero-order valence-corrected chi connectivity index (χ0v) is 10.8. The van der Waals surface area contributed by atoms with Gasteiger partial charge in [-0.2, -0.15) is 0 Å². The number of benzene rings is 1. The summed E-state index contributed by atoms with van der Waals surface area (Å²) in [6.45, 7) is 1.75. The van der Waals surface area contributed by atoms with Gasteiger partial charge in [-0.15, -0.1) is 0 Å². The molecule has 0 aliphatic carbocycles. The Hall–Kier alpha value is -1.95. The van der Waals surface area contributed by atoms with E-state index in [0.717, 1.165) is 25.9 Å². The number of hydrogen-bond donors (Lipinski definition) is 1. The van der Waals surface area contributed by atoms with Crippen LogP contribution in [0.1, 0.15) is 12.8 Å². The fourth-order valence-electron chi connectivity index (χ4n) is 2.32. The van der Waals surface area contributed by atoms with Crippen molar-refractivity contribution in [3.8, 4) is 0 Å². The number of nitro groups is 1. The molecule has 1 unspecified atom stereocenters. The van der Waals surface area contributed by atoms with Gasteiger partial charge in [-0.3, -0.25) is 14.9 Å². The van der Waals surface area contributed by atoms with Crippen LogP contribution >= 0.6 is 0 Å². The fourth-order valence-corrected chi connectivity index (χ4v) is 2.32. The molecule has 19 heavy (non-hydrogen) atoms. The van der Waals surface area contributed by atoms with E-state index < -0.39 is 4.92 Å². The molecular weight excluding hydrogens is 246 g/mol. The number of carbonyl (C=O) groups is 1. The molecule has 0 aromatic heterocycles. The van der Waals surface area contributed by atoms with Gasteiger partial charge in [-0.25, -0.2) is 0 Å². The van der Waals surface area contributed by atoms with Gasteiger partial charge in [0.2, 0.25) is 5.91 Å². The van der Waals surface area contributed by atoms with Gasteiger partial charge in [0.1, 0.15) is 0 Å². The van der Waals surface area contributed by atoms with Crippen molar-refractivity contribution < 1.29 is 9.72 Å². The van der Waals surface area contributed by atoms with Crippen LogP contribution in [-0.4, -0.2) is 35.9 Å². The number of hydrogen-bond acceptors (Lipinski definition) is 4. The third kappa shape index (κ3) is 3.51. The van der Waals surface area contributed by atoms with Gasteiger partial charge in [-0.1, -0.05) is 6.07 Å². The first-order chi connectivity index (χ1) is 9.06. The Morgan fingerprint density at radius 1 is 1.53 bits per heavy atom. The van der Waals surface area contributed by atoms with Crippen molar-refractivity contribution in [2.45, 2.75) is 12.8 Å². The molecule has 1 aromatic carbocycles. The molecule has 1 aliphatic rings. The largest absolute Gasteiger partial charge is 0.326 e. The number of piperidine rings is 1. The summed E-state index contributed by atoms with van der Waals surface area (Å²) in [6, 6.07) is 6.02. The maximum absolute atomic E-state index is 12.1. The fraction of sp³-hybridized carbons (Fsp3) is 0.462. The Labute approximate surface area is 111 Å². The van der Waals surface area contributed by atoms with E-state index in [0.29, 0.717) is 5.69 Å². The number of non-ortho nitro benzene ring substituents is 1. The van der Waals surface area contributed by atoms with Crippen molar-refractivity contribution in [1.29, 1.82) is 0 Å². The quantitative estimate of drug-likeness (QED) is 0.667. The zero-order chi connectivity index (χ0) is 13.8. The smallest absolute Gasteiger partial charge is 0.271 e. The van der Waals surface area contributed by atoms with Crippen LogP contribution in [0.3, 0.4) is 0 Å². The molecule has 6 nitrogen and oxygen atoms in total. The van der Waals surface area contributed by atoms with Gasteiger partial charge < -0.3 is 10.2 Å². The molecule has 1 aromatic rings. The number of likely N-dealkylation sites (tertiary alicyclic amines) is 1. The van der Waals surface area contributed by atoms with E-state index in [9.17, 15) is 14.9 Å². The second-order valence-electron chi connectivity index (χ2n) is 4.90. The summed E-state index contributed by atoms with van der Waals surface area (Å²) in [5, 5.41) is 13.4. The van der Waals surface area contributed by atoms with E-state index >= 15 is 0 Å². The molecule has 1 aliphatic heterocycles. The molecule has 1 fully saturated rings. The lowest BCUT2D eigenvalue weighted by Gasteiger charge is -2.28. The number of amides is 1. The van der Waals surface area contributed by atoms with Gasteiger partial charge in [0.25, 0.3) is 5.69 Å². The Bertz CT molecular complexity index is 490. The van der Waals surface area contributed by atoms with Gasteiger partial charge in [0, 0.05) is 24.4 Å². The minimum Gasteiger partial charge on any atom is -0.326 e. The highest BCUT2D eigenvalue weighted by molar-refractivity contribution is 5.93. The molecule has 2 rings (SSSR count). The summed E-state index contributed by atoms with van der Waals surface area (Å²) in [6.07, 6.45) is 1.87. The molecule has 102 valence electrons. The van der Waals surface area contributed by atoms with Gasteiger partial charge in [-0.05, 0) is 32.5 Å². The monoisotopic (exact) mass is 263 g/mol. The van der Waals surface area contributed by atoms with E-state index in [1.54, 1.807) is 12.1 Å². The second-order valence-corrected chi connectivity index (χ2v) is 4.90. The third-order valence-corrected chi connectivity index (χ3v) is 3.32. The molecule has 0 spiro atoms. The van der Waals surface area contributed by atoms with E-state index in [1.165, 1.54) is 12.1 Å². The topological polar surface area (TPSA) is 75.5 Å². The van der Waals surface area contributed by atoms with Crippen molar-refractivity contribution in [2.75, 3.05) is 25.5 Å². The minimum absolute atomic E-state index is 0.0152. The Kier molecular flexibility index (Phi) is 4.11. The van der Waals surface area contributed by atoms with Crippen LogP contribution in [0.25, 0.3) is 0 Å². The van der Waals surface area contributed by atoms with Crippen molar-refractivity contribution >= 4 is 17.3 Å². The molecule has 1 saturated heterocycles. The normalized spacial score (nSPS) is 19.9. The number of carbonyl (C=O) groups excluding carboxylic acids is 1. The molecule has 1 N–H and O–H groups in total. The summed E-state index contributed by atoms with van der Waals surface area (Å²) < 4.78 is 0. The van der Waals surface area contributed by atoms with Crippen LogP contribution < -0.4 is 5.32 Å². The summed E-state index contributed by atoms with van der Waals surface area (Å²) >= 11 is 0. The van der Waals surface area contributed by atoms with E-state index in [1.807, 2.05) is 7.05 Å². The average molecular weight is 263 g/mol. The lowest BCUT2D eigenvalue weighted by Crippen LogP contribution is -2.38. The van der Waals surface area contributed by atoms with Crippen molar-refractivity contribution in [2.24, 2.45) is 5.92 Å². The SMILES string of the molecule is CN1CCCC(C(=O)Nc2cccc([N+](=O)[O-])c2)C1. The van der Waals surface area contributed by atoms with E-state index in [-0.39, 0.29) is 17.5 Å². The Morgan fingerprint density at radius 3 is 3.00 bits per heavy atom. The van der Waals surface area contributed by atoms with Crippen LogP contribution in [0.2, 0.25) is 0 Å². The Morgan fingerprint density at radius 2 is 2.32 bits per heavy atom. The summed E-state index contributed by atoms with van der Waals surface area (Å²) in [4.78, 5) is 24.4. The molecular formula is C13H17N3O3. The van der Waals surface area contributed by atoms with Crippen LogP contribution in [0.5, 0.6) is 0 Å². The highest BCUT2D eigenvalue weighted by Crippen LogP contribution is 2.20. The average Bonchev–Trinajstić information content (AvgIpc) is 2.39. The van der Waals surface area contributed by atoms with Crippen molar-refractivity contribution in [1.82, 2.24) is 4.90 Å². The standard InChI is InChI=1S/C13H17N3O3/c1-15-7-3-4-10(9-15)13(17)14-11-5-2-6-12(8-11)16(18)19/h2,5-6,8,10H,3-4,7,9H2,1H3,(H,14,17). The van der Waals surface area contributed by atoms with Gasteiger partial charge in [0.15, 0.2) is 0 Å². The number of anilines is 1.